The predicted octanol–water partition coefficient (Wildman–Crippen LogP) is 2.84. The van der Waals surface area contributed by atoms with Gasteiger partial charge in [-0.2, -0.15) is 10.2 Å². The van der Waals surface area contributed by atoms with Crippen molar-refractivity contribution in [1.82, 2.24) is 24.9 Å². The minimum Gasteiger partial charge on any atom is -0.352 e. The summed E-state index contributed by atoms with van der Waals surface area (Å²) in [5, 5.41) is 22.9. The predicted molar refractivity (Wildman–Crippen MR) is 108 cm³/mol. The second-order valence-electron chi connectivity index (χ2n) is 9.92. The van der Waals surface area contributed by atoms with Crippen LogP contribution in [0, 0.1) is 34.3 Å². The zero-order valence-corrected chi connectivity index (χ0v) is 17.5. The molecule has 2 atom stereocenters. The van der Waals surface area contributed by atoms with Crippen molar-refractivity contribution in [3.63, 3.8) is 0 Å². The summed E-state index contributed by atoms with van der Waals surface area (Å²) in [7, 11) is 1.90. The number of hydrogen-bond acceptors (Lipinski definition) is 5. The first-order chi connectivity index (χ1) is 14.3. The Kier molecular flexibility index (Phi) is 4.27. The third-order valence-electron chi connectivity index (χ3n) is 7.77. The summed E-state index contributed by atoms with van der Waals surface area (Å²) in [5.74, 6) is 1.23. The molecule has 4 bridgehead atoms. The zero-order chi connectivity index (χ0) is 21.1. The third kappa shape index (κ3) is 3.11. The number of amides is 1. The van der Waals surface area contributed by atoms with Gasteiger partial charge in [-0.15, -0.1) is 0 Å². The number of carbonyl (C=O) groups excluding carboxylic acids is 1. The van der Waals surface area contributed by atoms with Gasteiger partial charge >= 0.3 is 5.69 Å². The van der Waals surface area contributed by atoms with Crippen molar-refractivity contribution in [3.8, 4) is 0 Å². The molecule has 6 rings (SSSR count). The number of hydrogen-bond donors (Lipinski definition) is 1. The number of nitrogens with zero attached hydrogens (tertiary/aromatic N) is 5. The maximum Gasteiger partial charge on any atom is 0.307 e. The summed E-state index contributed by atoms with van der Waals surface area (Å²) in [6.45, 7) is 2.50. The van der Waals surface area contributed by atoms with E-state index in [1.165, 1.54) is 12.6 Å². The Hall–Kier alpha value is -2.71. The first kappa shape index (κ1) is 19.3. The molecule has 4 fully saturated rings. The van der Waals surface area contributed by atoms with Gasteiger partial charge in [0, 0.05) is 31.3 Å². The largest absolute Gasteiger partial charge is 0.352 e. The summed E-state index contributed by atoms with van der Waals surface area (Å²) >= 11 is 0. The third-order valence-corrected chi connectivity index (χ3v) is 7.77. The lowest BCUT2D eigenvalue weighted by Gasteiger charge is -2.61. The van der Waals surface area contributed by atoms with E-state index in [4.69, 9.17) is 0 Å². The fourth-order valence-electron chi connectivity index (χ4n) is 6.86. The highest BCUT2D eigenvalue weighted by Gasteiger charge is 2.59. The maximum absolute atomic E-state index is 12.9. The van der Waals surface area contributed by atoms with E-state index >= 15 is 0 Å². The van der Waals surface area contributed by atoms with Gasteiger partial charge in [0.25, 0.3) is 0 Å². The molecule has 0 aromatic carbocycles. The smallest absolute Gasteiger partial charge is 0.307 e. The lowest BCUT2D eigenvalue weighted by atomic mass is 9.46. The normalized spacial score (nSPS) is 31.8. The summed E-state index contributed by atoms with van der Waals surface area (Å²) in [5.41, 5.74) is 1.93. The van der Waals surface area contributed by atoms with E-state index < -0.39 is 0 Å². The van der Waals surface area contributed by atoms with E-state index in [-0.39, 0.29) is 27.5 Å². The minimum absolute atomic E-state index is 0.0289. The monoisotopic (exact) mass is 412 g/mol. The molecule has 4 saturated carbocycles. The Morgan fingerprint density at radius 2 is 2.00 bits per heavy atom. The van der Waals surface area contributed by atoms with E-state index in [2.05, 4.69) is 15.5 Å². The van der Waals surface area contributed by atoms with Crippen LogP contribution in [0.1, 0.15) is 56.2 Å². The van der Waals surface area contributed by atoms with Crippen LogP contribution in [0.2, 0.25) is 0 Å². The fraction of sp³-hybridized carbons (Fsp3) is 0.667. The maximum atomic E-state index is 12.9. The molecular weight excluding hydrogens is 384 g/mol. The topological polar surface area (TPSA) is 108 Å². The molecule has 9 heteroatoms. The molecule has 0 saturated heterocycles. The first-order valence-corrected chi connectivity index (χ1v) is 10.7. The van der Waals surface area contributed by atoms with Gasteiger partial charge in [0.1, 0.15) is 12.4 Å². The molecule has 2 aromatic heterocycles. The zero-order valence-electron chi connectivity index (χ0n) is 17.5. The first-order valence-electron chi connectivity index (χ1n) is 10.7. The standard InChI is InChI=1S/C21H28N6O3/c1-14-17(10-23-25(14)2)9-22-19(28)8-20-4-15-3-16(5-20)7-21(6-15,13-20)26-12-18(11-24-26)27(29)30/h10-12,15-16H,3-9,13H2,1-2H3,(H,22,28). The van der Waals surface area contributed by atoms with Gasteiger partial charge in [0.05, 0.1) is 16.7 Å². The Balaban J connectivity index is 1.33. The summed E-state index contributed by atoms with van der Waals surface area (Å²) in [6, 6.07) is 0. The summed E-state index contributed by atoms with van der Waals surface area (Å²) in [4.78, 5) is 23.7. The molecule has 1 N–H and O–H groups in total. The van der Waals surface area contributed by atoms with Crippen LogP contribution in [0.25, 0.3) is 0 Å². The molecule has 4 aliphatic rings. The van der Waals surface area contributed by atoms with Crippen molar-refractivity contribution in [2.45, 2.75) is 64.0 Å². The molecule has 0 aliphatic heterocycles. The summed E-state index contributed by atoms with van der Waals surface area (Å²) < 4.78 is 3.67. The molecule has 2 unspecified atom stereocenters. The average Bonchev–Trinajstić information content (AvgIpc) is 3.28. The second kappa shape index (κ2) is 6.65. The highest BCUT2D eigenvalue weighted by Crippen LogP contribution is 2.65. The van der Waals surface area contributed by atoms with E-state index in [0.717, 1.165) is 43.4 Å². The Morgan fingerprint density at radius 1 is 1.27 bits per heavy atom. The molecule has 9 nitrogen and oxygen atoms in total. The van der Waals surface area contributed by atoms with E-state index in [1.807, 2.05) is 23.3 Å². The van der Waals surface area contributed by atoms with E-state index in [1.54, 1.807) is 12.4 Å². The van der Waals surface area contributed by atoms with Crippen LogP contribution in [-0.2, 0) is 23.9 Å². The highest BCUT2D eigenvalue weighted by atomic mass is 16.6. The van der Waals surface area contributed by atoms with E-state index in [9.17, 15) is 14.9 Å². The lowest BCUT2D eigenvalue weighted by molar-refractivity contribution is -0.385. The second-order valence-corrected chi connectivity index (χ2v) is 9.92. The molecule has 2 aromatic rings. The average molecular weight is 412 g/mol. The van der Waals surface area contributed by atoms with Crippen LogP contribution in [0.15, 0.2) is 18.6 Å². The number of carbonyl (C=O) groups is 1. The molecule has 160 valence electrons. The fourth-order valence-corrected chi connectivity index (χ4v) is 6.86. The summed E-state index contributed by atoms with van der Waals surface area (Å²) in [6.07, 6.45) is 11.5. The van der Waals surface area contributed by atoms with Gasteiger partial charge in [0.15, 0.2) is 0 Å². The van der Waals surface area contributed by atoms with Gasteiger partial charge < -0.3 is 5.32 Å². The van der Waals surface area contributed by atoms with Gasteiger partial charge in [-0.25, -0.2) is 0 Å². The Morgan fingerprint density at radius 3 is 2.60 bits per heavy atom. The van der Waals surface area contributed by atoms with Crippen LogP contribution >= 0.6 is 0 Å². The Bertz CT molecular complexity index is 994. The number of nitrogens with one attached hydrogen (secondary N) is 1. The van der Waals surface area contributed by atoms with Crippen molar-refractivity contribution in [2.24, 2.45) is 24.3 Å². The van der Waals surface area contributed by atoms with Gasteiger partial charge in [-0.3, -0.25) is 24.3 Å². The van der Waals surface area contributed by atoms with Crippen LogP contribution in [0.4, 0.5) is 5.69 Å². The molecule has 2 heterocycles. The van der Waals surface area contributed by atoms with E-state index in [0.29, 0.717) is 24.8 Å². The number of aromatic nitrogens is 4. The Labute approximate surface area is 175 Å². The SMILES string of the molecule is Cc1c(CNC(=O)CC23CC4CC(C2)CC(n2cc([N+](=O)[O-])cn2)(C4)C3)cnn1C. The molecular formula is C21H28N6O3. The molecule has 0 radical (unpaired) electrons. The van der Waals surface area contributed by atoms with Crippen LogP contribution in [-0.4, -0.2) is 30.4 Å². The molecule has 1 amide bonds. The van der Waals surface area contributed by atoms with Crippen LogP contribution in [0.3, 0.4) is 0 Å². The van der Waals surface area contributed by atoms with Crippen molar-refractivity contribution in [3.05, 3.63) is 40.0 Å². The van der Waals surface area contributed by atoms with Crippen molar-refractivity contribution in [1.29, 1.82) is 0 Å². The van der Waals surface area contributed by atoms with Crippen LogP contribution in [0.5, 0.6) is 0 Å². The van der Waals surface area contributed by atoms with Crippen molar-refractivity contribution >= 4 is 11.6 Å². The van der Waals surface area contributed by atoms with Crippen molar-refractivity contribution in [2.75, 3.05) is 0 Å². The number of rotatable bonds is 6. The van der Waals surface area contributed by atoms with Gasteiger partial charge in [-0.1, -0.05) is 0 Å². The minimum atomic E-state index is -0.381. The number of aryl methyl sites for hydroxylation is 1. The molecule has 30 heavy (non-hydrogen) atoms. The van der Waals surface area contributed by atoms with Gasteiger partial charge in [0.2, 0.25) is 5.91 Å². The van der Waals surface area contributed by atoms with Gasteiger partial charge in [-0.05, 0) is 62.7 Å². The molecule has 0 spiro atoms. The highest BCUT2D eigenvalue weighted by molar-refractivity contribution is 5.76. The lowest BCUT2D eigenvalue weighted by Crippen LogP contribution is -2.57. The number of nitro groups is 1. The quantitative estimate of drug-likeness (QED) is 0.580. The molecule has 4 aliphatic carbocycles. The van der Waals surface area contributed by atoms with Crippen LogP contribution < -0.4 is 5.32 Å². The van der Waals surface area contributed by atoms with Crippen molar-refractivity contribution < 1.29 is 9.72 Å².